The van der Waals surface area contributed by atoms with Crippen molar-refractivity contribution < 1.29 is 9.53 Å². The van der Waals surface area contributed by atoms with E-state index in [9.17, 15) is 4.79 Å². The standard InChI is InChI=1S/C21H26N4O2/c1-5-15(3)25-20-18(13-23-25)17(21(26)22-10-11-27-4)12-19(24-20)16-8-6-14(2)7-9-16/h6-9,12-13,15H,5,10-11H2,1-4H3,(H,22,26). The van der Waals surface area contributed by atoms with Gasteiger partial charge in [-0.05, 0) is 26.3 Å². The number of nitrogens with zero attached hydrogens (tertiary/aromatic N) is 3. The number of ether oxygens (including phenoxy) is 1. The number of aryl methyl sites for hydroxylation is 1. The molecular formula is C21H26N4O2. The number of rotatable bonds is 7. The van der Waals surface area contributed by atoms with Crippen LogP contribution in [0.15, 0.2) is 36.5 Å². The van der Waals surface area contributed by atoms with Crippen LogP contribution in [0.4, 0.5) is 0 Å². The highest BCUT2D eigenvalue weighted by Crippen LogP contribution is 2.27. The minimum Gasteiger partial charge on any atom is -0.383 e. The van der Waals surface area contributed by atoms with Gasteiger partial charge in [-0.2, -0.15) is 5.10 Å². The molecule has 0 saturated heterocycles. The van der Waals surface area contributed by atoms with E-state index in [-0.39, 0.29) is 11.9 Å². The van der Waals surface area contributed by atoms with Crippen LogP contribution in [0.25, 0.3) is 22.3 Å². The van der Waals surface area contributed by atoms with Crippen molar-refractivity contribution in [1.29, 1.82) is 0 Å². The number of pyridine rings is 1. The van der Waals surface area contributed by atoms with Crippen molar-refractivity contribution in [2.45, 2.75) is 33.2 Å². The van der Waals surface area contributed by atoms with Crippen molar-refractivity contribution in [1.82, 2.24) is 20.1 Å². The first kappa shape index (κ1) is 19.0. The molecule has 0 bridgehead atoms. The van der Waals surface area contributed by atoms with E-state index in [1.807, 2.05) is 41.9 Å². The van der Waals surface area contributed by atoms with Gasteiger partial charge in [0.2, 0.25) is 0 Å². The number of hydrogen-bond acceptors (Lipinski definition) is 4. The minimum absolute atomic E-state index is 0.142. The second-order valence-corrected chi connectivity index (χ2v) is 6.75. The zero-order chi connectivity index (χ0) is 19.4. The van der Waals surface area contributed by atoms with Crippen LogP contribution < -0.4 is 5.32 Å². The van der Waals surface area contributed by atoms with Crippen molar-refractivity contribution in [3.63, 3.8) is 0 Å². The Morgan fingerprint density at radius 2 is 2.04 bits per heavy atom. The topological polar surface area (TPSA) is 69.0 Å². The Morgan fingerprint density at radius 3 is 2.70 bits per heavy atom. The first-order valence-electron chi connectivity index (χ1n) is 9.27. The molecule has 6 nitrogen and oxygen atoms in total. The van der Waals surface area contributed by atoms with Gasteiger partial charge in [-0.25, -0.2) is 9.67 Å². The molecule has 3 aromatic rings. The maximum Gasteiger partial charge on any atom is 0.252 e. The molecule has 1 N–H and O–H groups in total. The van der Waals surface area contributed by atoms with E-state index in [1.165, 1.54) is 5.56 Å². The van der Waals surface area contributed by atoms with Crippen LogP contribution in [-0.2, 0) is 4.74 Å². The van der Waals surface area contributed by atoms with Gasteiger partial charge in [0, 0.05) is 19.2 Å². The predicted molar refractivity (Wildman–Crippen MR) is 107 cm³/mol. The molecule has 1 unspecified atom stereocenters. The van der Waals surface area contributed by atoms with E-state index in [0.717, 1.165) is 28.7 Å². The minimum atomic E-state index is -0.142. The molecular weight excluding hydrogens is 340 g/mol. The lowest BCUT2D eigenvalue weighted by molar-refractivity contribution is 0.0938. The van der Waals surface area contributed by atoms with E-state index in [1.54, 1.807) is 13.3 Å². The summed E-state index contributed by atoms with van der Waals surface area (Å²) in [4.78, 5) is 17.6. The Kier molecular flexibility index (Phi) is 5.86. The largest absolute Gasteiger partial charge is 0.383 e. The van der Waals surface area contributed by atoms with Crippen LogP contribution in [0, 0.1) is 6.92 Å². The van der Waals surface area contributed by atoms with Crippen LogP contribution >= 0.6 is 0 Å². The zero-order valence-electron chi connectivity index (χ0n) is 16.3. The van der Waals surface area contributed by atoms with Gasteiger partial charge in [-0.1, -0.05) is 36.8 Å². The van der Waals surface area contributed by atoms with Gasteiger partial charge >= 0.3 is 0 Å². The summed E-state index contributed by atoms with van der Waals surface area (Å²) >= 11 is 0. The molecule has 0 aliphatic carbocycles. The smallest absolute Gasteiger partial charge is 0.252 e. The normalized spacial score (nSPS) is 12.3. The highest BCUT2D eigenvalue weighted by atomic mass is 16.5. The zero-order valence-corrected chi connectivity index (χ0v) is 16.3. The Labute approximate surface area is 159 Å². The van der Waals surface area contributed by atoms with E-state index >= 15 is 0 Å². The first-order valence-corrected chi connectivity index (χ1v) is 9.27. The first-order chi connectivity index (χ1) is 13.0. The van der Waals surface area contributed by atoms with Crippen molar-refractivity contribution >= 4 is 16.9 Å². The second kappa shape index (κ2) is 8.31. The highest BCUT2D eigenvalue weighted by molar-refractivity contribution is 6.06. The summed E-state index contributed by atoms with van der Waals surface area (Å²) in [7, 11) is 1.61. The third-order valence-electron chi connectivity index (χ3n) is 4.76. The molecule has 1 atom stereocenters. The number of aromatic nitrogens is 3. The summed E-state index contributed by atoms with van der Waals surface area (Å²) in [6.45, 7) is 7.19. The summed E-state index contributed by atoms with van der Waals surface area (Å²) in [5.74, 6) is -0.142. The third kappa shape index (κ3) is 4.01. The quantitative estimate of drug-likeness (QED) is 0.647. The molecule has 0 saturated carbocycles. The Morgan fingerprint density at radius 1 is 1.30 bits per heavy atom. The molecule has 0 aliphatic rings. The van der Waals surface area contributed by atoms with Gasteiger partial charge < -0.3 is 10.1 Å². The second-order valence-electron chi connectivity index (χ2n) is 6.75. The number of methoxy groups -OCH3 is 1. The molecule has 0 fully saturated rings. The SMILES string of the molecule is CCC(C)n1ncc2c(C(=O)NCCOC)cc(-c3ccc(C)cc3)nc21. The number of benzene rings is 1. The third-order valence-corrected chi connectivity index (χ3v) is 4.76. The van der Waals surface area contributed by atoms with Gasteiger partial charge in [-0.15, -0.1) is 0 Å². The van der Waals surface area contributed by atoms with Gasteiger partial charge in [0.15, 0.2) is 5.65 Å². The summed E-state index contributed by atoms with van der Waals surface area (Å²) in [6, 6.07) is 10.2. The molecule has 142 valence electrons. The molecule has 2 aromatic heterocycles. The van der Waals surface area contributed by atoms with Gasteiger partial charge in [-0.3, -0.25) is 4.79 Å². The van der Waals surface area contributed by atoms with Crippen LogP contribution in [0.2, 0.25) is 0 Å². The number of fused-ring (bicyclic) bond motifs is 1. The van der Waals surface area contributed by atoms with Crippen molar-refractivity contribution in [3.05, 3.63) is 47.7 Å². The molecule has 27 heavy (non-hydrogen) atoms. The summed E-state index contributed by atoms with van der Waals surface area (Å²) in [5, 5.41) is 8.17. The monoisotopic (exact) mass is 366 g/mol. The molecule has 0 aliphatic heterocycles. The molecule has 1 aromatic carbocycles. The number of carbonyl (C=O) groups excluding carboxylic acids is 1. The molecule has 2 heterocycles. The average molecular weight is 366 g/mol. The molecule has 3 rings (SSSR count). The Balaban J connectivity index is 2.12. The highest BCUT2D eigenvalue weighted by Gasteiger charge is 2.19. The van der Waals surface area contributed by atoms with Crippen molar-refractivity contribution in [3.8, 4) is 11.3 Å². The van der Waals surface area contributed by atoms with E-state index in [0.29, 0.717) is 18.7 Å². The fourth-order valence-electron chi connectivity index (χ4n) is 2.94. The Hall–Kier alpha value is -2.73. The Bertz CT molecular complexity index is 931. The summed E-state index contributed by atoms with van der Waals surface area (Å²) in [6.07, 6.45) is 2.67. The maximum absolute atomic E-state index is 12.8. The van der Waals surface area contributed by atoms with Gasteiger partial charge in [0.05, 0.1) is 35.5 Å². The van der Waals surface area contributed by atoms with Crippen LogP contribution in [0.1, 0.15) is 42.2 Å². The van der Waals surface area contributed by atoms with Crippen LogP contribution in [0.3, 0.4) is 0 Å². The fraction of sp³-hybridized carbons (Fsp3) is 0.381. The number of nitrogens with one attached hydrogen (secondary N) is 1. The van der Waals surface area contributed by atoms with Crippen LogP contribution in [-0.4, -0.2) is 40.9 Å². The lowest BCUT2D eigenvalue weighted by atomic mass is 10.1. The molecule has 0 radical (unpaired) electrons. The van der Waals surface area contributed by atoms with Crippen molar-refractivity contribution in [2.24, 2.45) is 0 Å². The molecule has 0 spiro atoms. The predicted octanol–water partition coefficient (Wildman–Crippen LogP) is 3.75. The van der Waals surface area contributed by atoms with Gasteiger partial charge in [0.25, 0.3) is 5.91 Å². The van der Waals surface area contributed by atoms with Crippen molar-refractivity contribution in [2.75, 3.05) is 20.3 Å². The number of carbonyl (C=O) groups is 1. The van der Waals surface area contributed by atoms with E-state index in [2.05, 4.69) is 24.3 Å². The summed E-state index contributed by atoms with van der Waals surface area (Å²) < 4.78 is 6.93. The molecule has 1 amide bonds. The van der Waals surface area contributed by atoms with E-state index in [4.69, 9.17) is 9.72 Å². The number of hydrogen-bond donors (Lipinski definition) is 1. The fourth-order valence-corrected chi connectivity index (χ4v) is 2.94. The molecule has 6 heteroatoms. The van der Waals surface area contributed by atoms with E-state index < -0.39 is 0 Å². The van der Waals surface area contributed by atoms with Gasteiger partial charge in [0.1, 0.15) is 0 Å². The number of amides is 1. The average Bonchev–Trinajstić information content (AvgIpc) is 3.11. The summed E-state index contributed by atoms with van der Waals surface area (Å²) in [5.41, 5.74) is 4.25. The lowest BCUT2D eigenvalue weighted by Gasteiger charge is -2.12. The lowest BCUT2D eigenvalue weighted by Crippen LogP contribution is -2.27. The van der Waals surface area contributed by atoms with Crippen LogP contribution in [0.5, 0.6) is 0 Å². The maximum atomic E-state index is 12.8.